The van der Waals surface area contributed by atoms with Crippen molar-refractivity contribution in [2.24, 2.45) is 0 Å². The van der Waals surface area contributed by atoms with E-state index in [9.17, 15) is 38.2 Å². The maximum Gasteiger partial charge on any atom is 0.397 e. The van der Waals surface area contributed by atoms with E-state index in [2.05, 4.69) is 47.7 Å². The van der Waals surface area contributed by atoms with E-state index in [4.69, 9.17) is 9.47 Å². The molecule has 13 heteroatoms. The average molecular weight is 1220 g/mol. The minimum Gasteiger partial charge on any atom is -0.394 e. The van der Waals surface area contributed by atoms with Gasteiger partial charge in [-0.1, -0.05) is 339 Å². The van der Waals surface area contributed by atoms with E-state index in [1.807, 2.05) is 6.08 Å². The Hall–Kier alpha value is -1.68. The molecule has 7 atom stereocenters. The summed E-state index contributed by atoms with van der Waals surface area (Å²) >= 11 is 0. The molecule has 1 aliphatic heterocycles. The molecule has 7 unspecified atom stereocenters. The lowest BCUT2D eigenvalue weighted by molar-refractivity contribution is -0.298. The molecular formula is C72H137NO11S. The van der Waals surface area contributed by atoms with Crippen molar-refractivity contribution in [3.05, 3.63) is 36.5 Å². The molecule has 502 valence electrons. The minimum atomic E-state index is -5.10. The summed E-state index contributed by atoms with van der Waals surface area (Å²) in [6.07, 6.45) is 72.2. The second kappa shape index (κ2) is 61.2. The number of carbonyl (C=O) groups is 1. The molecule has 1 fully saturated rings. The normalized spacial score (nSPS) is 18.4. The van der Waals surface area contributed by atoms with Gasteiger partial charge in [0.2, 0.25) is 5.91 Å². The number of rotatable bonds is 65. The van der Waals surface area contributed by atoms with Gasteiger partial charge in [0.15, 0.2) is 6.29 Å². The molecule has 0 aliphatic carbocycles. The topological polar surface area (TPSA) is 192 Å². The van der Waals surface area contributed by atoms with Gasteiger partial charge in [0.25, 0.3) is 0 Å². The van der Waals surface area contributed by atoms with Gasteiger partial charge in [-0.2, -0.15) is 8.42 Å². The summed E-state index contributed by atoms with van der Waals surface area (Å²) < 4.78 is 48.1. The first-order valence-electron chi connectivity index (χ1n) is 36.4. The van der Waals surface area contributed by atoms with Crippen molar-refractivity contribution in [1.82, 2.24) is 5.32 Å². The predicted molar refractivity (Wildman–Crippen MR) is 356 cm³/mol. The Morgan fingerprint density at radius 3 is 1.12 bits per heavy atom. The first kappa shape index (κ1) is 81.3. The van der Waals surface area contributed by atoms with Gasteiger partial charge in [-0.05, 0) is 51.4 Å². The largest absolute Gasteiger partial charge is 0.397 e. The summed E-state index contributed by atoms with van der Waals surface area (Å²) in [5, 5.41) is 45.2. The highest BCUT2D eigenvalue weighted by Gasteiger charge is 2.48. The van der Waals surface area contributed by atoms with Gasteiger partial charge in [0.05, 0.1) is 25.4 Å². The highest BCUT2D eigenvalue weighted by molar-refractivity contribution is 7.80. The SMILES string of the molecule is CCCCCCCCCCC/C=C\C/C=C\CCCCCCCCCCCCCCCCCCCC(=O)NC(COC1OC(CO)C(O)C(OS(=O)(=O)O)C1O)C(O)/C=C/CCCCCCCCCCCCCCCCCCCCCCCCC. The van der Waals surface area contributed by atoms with Crippen molar-refractivity contribution in [3.8, 4) is 0 Å². The molecule has 0 aromatic heterocycles. The predicted octanol–water partition coefficient (Wildman–Crippen LogP) is 19.2. The Bertz CT molecular complexity index is 1630. The third-order valence-electron chi connectivity index (χ3n) is 17.4. The molecule has 0 spiro atoms. The zero-order chi connectivity index (χ0) is 61.8. The van der Waals surface area contributed by atoms with E-state index in [1.54, 1.807) is 6.08 Å². The molecule has 0 aromatic rings. The summed E-state index contributed by atoms with van der Waals surface area (Å²) in [6, 6.07) is -0.945. The third-order valence-corrected chi connectivity index (χ3v) is 17.9. The van der Waals surface area contributed by atoms with Crippen LogP contribution in [0.25, 0.3) is 0 Å². The van der Waals surface area contributed by atoms with E-state index in [-0.39, 0.29) is 18.9 Å². The standard InChI is InChI=1S/C72H137NO11S/c1-3-5-7-9-11-13-15-17-19-21-23-25-27-29-30-31-32-33-34-35-36-38-40-42-44-46-48-50-52-54-56-58-60-62-68(76)73-65(64-82-72-70(78)71(84-85(79,80)81)69(77)67(63-74)83-72)66(75)61-59-57-55-53-51-49-47-45-43-41-39-37-28-26-24-22-20-18-16-14-12-10-8-6-4-2/h23,25,29-30,59,61,65-67,69-72,74-75,77-78H,3-22,24,26-28,31-58,60,62-64H2,1-2H3,(H,73,76)(H,79,80,81)/b25-23-,30-29-,61-59+. The number of hydrogen-bond acceptors (Lipinski definition) is 10. The summed E-state index contributed by atoms with van der Waals surface area (Å²) in [7, 11) is -5.10. The van der Waals surface area contributed by atoms with Crippen molar-refractivity contribution in [2.45, 2.75) is 403 Å². The molecule has 1 aliphatic rings. The molecule has 1 amide bonds. The average Bonchev–Trinajstić information content (AvgIpc) is 3.61. The molecular weight excluding hydrogens is 1090 g/mol. The van der Waals surface area contributed by atoms with Gasteiger partial charge < -0.3 is 35.2 Å². The van der Waals surface area contributed by atoms with Crippen LogP contribution in [0, 0.1) is 0 Å². The minimum absolute atomic E-state index is 0.256. The van der Waals surface area contributed by atoms with Crippen molar-refractivity contribution >= 4 is 16.3 Å². The number of amides is 1. The number of aliphatic hydroxyl groups excluding tert-OH is 4. The van der Waals surface area contributed by atoms with Crippen LogP contribution >= 0.6 is 0 Å². The number of ether oxygens (including phenoxy) is 2. The van der Waals surface area contributed by atoms with E-state index < -0.39 is 59.9 Å². The first-order valence-corrected chi connectivity index (χ1v) is 37.7. The Labute approximate surface area is 524 Å². The van der Waals surface area contributed by atoms with Gasteiger partial charge in [-0.15, -0.1) is 0 Å². The highest BCUT2D eigenvalue weighted by atomic mass is 32.3. The van der Waals surface area contributed by atoms with Crippen LogP contribution in [-0.4, -0.2) is 95.4 Å². The first-order chi connectivity index (χ1) is 41.5. The fraction of sp³-hybridized carbons (Fsp3) is 0.903. The monoisotopic (exact) mass is 1220 g/mol. The number of carbonyl (C=O) groups excluding carboxylic acids is 1. The Balaban J connectivity index is 2.23. The molecule has 0 bridgehead atoms. The van der Waals surface area contributed by atoms with Gasteiger partial charge in [0.1, 0.15) is 24.4 Å². The fourth-order valence-corrected chi connectivity index (χ4v) is 12.4. The molecule has 1 saturated heterocycles. The molecule has 0 aromatic carbocycles. The molecule has 6 N–H and O–H groups in total. The molecule has 12 nitrogen and oxygen atoms in total. The van der Waals surface area contributed by atoms with Crippen LogP contribution in [-0.2, 0) is 28.9 Å². The molecule has 1 rings (SSSR count). The highest BCUT2D eigenvalue weighted by Crippen LogP contribution is 2.26. The number of nitrogens with one attached hydrogen (secondary N) is 1. The van der Waals surface area contributed by atoms with Crippen LogP contribution in [0.1, 0.15) is 361 Å². The quantitative estimate of drug-likeness (QED) is 0.0193. The molecule has 0 saturated carbocycles. The van der Waals surface area contributed by atoms with Crippen molar-refractivity contribution in [2.75, 3.05) is 13.2 Å². The van der Waals surface area contributed by atoms with E-state index in [0.29, 0.717) is 6.42 Å². The van der Waals surface area contributed by atoms with Crippen LogP contribution in [0.5, 0.6) is 0 Å². The maximum absolute atomic E-state index is 13.2. The zero-order valence-electron chi connectivity index (χ0n) is 55.2. The summed E-state index contributed by atoms with van der Waals surface area (Å²) in [5.41, 5.74) is 0. The van der Waals surface area contributed by atoms with Crippen LogP contribution in [0.3, 0.4) is 0 Å². The number of allylic oxidation sites excluding steroid dienone is 5. The van der Waals surface area contributed by atoms with Crippen LogP contribution in [0.4, 0.5) is 0 Å². The van der Waals surface area contributed by atoms with E-state index in [0.717, 1.165) is 44.9 Å². The second-order valence-corrected chi connectivity index (χ2v) is 26.6. The van der Waals surface area contributed by atoms with Crippen molar-refractivity contribution in [3.63, 3.8) is 0 Å². The Kier molecular flexibility index (Phi) is 58.6. The number of unbranched alkanes of at least 4 members (excludes halogenated alkanes) is 49. The van der Waals surface area contributed by atoms with Crippen LogP contribution in [0.15, 0.2) is 36.5 Å². The smallest absolute Gasteiger partial charge is 0.394 e. The molecule has 1 heterocycles. The molecule has 85 heavy (non-hydrogen) atoms. The van der Waals surface area contributed by atoms with Crippen LogP contribution < -0.4 is 5.32 Å². The lowest BCUT2D eigenvalue weighted by Gasteiger charge is -2.41. The van der Waals surface area contributed by atoms with Gasteiger partial charge in [-0.3, -0.25) is 9.35 Å². The fourth-order valence-electron chi connectivity index (χ4n) is 11.8. The van der Waals surface area contributed by atoms with Gasteiger partial charge in [0, 0.05) is 6.42 Å². The Morgan fingerprint density at radius 1 is 0.471 bits per heavy atom. The van der Waals surface area contributed by atoms with Gasteiger partial charge in [-0.25, -0.2) is 4.18 Å². The maximum atomic E-state index is 13.2. The van der Waals surface area contributed by atoms with Crippen molar-refractivity contribution in [1.29, 1.82) is 0 Å². The van der Waals surface area contributed by atoms with E-state index in [1.165, 1.54) is 289 Å². The summed E-state index contributed by atoms with van der Waals surface area (Å²) in [5.74, 6) is -0.256. The lowest BCUT2D eigenvalue weighted by atomic mass is 9.99. The second-order valence-electron chi connectivity index (χ2n) is 25.5. The van der Waals surface area contributed by atoms with Gasteiger partial charge >= 0.3 is 10.4 Å². The van der Waals surface area contributed by atoms with Crippen molar-refractivity contribution < 1.29 is 51.8 Å². The van der Waals surface area contributed by atoms with Crippen LogP contribution in [0.2, 0.25) is 0 Å². The molecule has 0 radical (unpaired) electrons. The third kappa shape index (κ3) is 52.8. The summed E-state index contributed by atoms with van der Waals surface area (Å²) in [6.45, 7) is 3.46. The lowest BCUT2D eigenvalue weighted by Crippen LogP contribution is -2.61. The number of hydrogen-bond donors (Lipinski definition) is 6. The Morgan fingerprint density at radius 2 is 0.788 bits per heavy atom. The number of aliphatic hydroxyl groups is 4. The zero-order valence-corrected chi connectivity index (χ0v) is 56.0. The van der Waals surface area contributed by atoms with E-state index >= 15 is 0 Å². The summed E-state index contributed by atoms with van der Waals surface area (Å²) in [4.78, 5) is 13.2.